The van der Waals surface area contributed by atoms with Crippen LogP contribution in [0.15, 0.2) is 41.0 Å². The number of rotatable bonds is 6. The second kappa shape index (κ2) is 7.02. The monoisotopic (exact) mass is 371 g/mol. The van der Waals surface area contributed by atoms with Crippen molar-refractivity contribution in [3.63, 3.8) is 0 Å². The molecule has 2 aliphatic rings. The fraction of sp³-hybridized carbons (Fsp3) is 0.278. The Kier molecular flexibility index (Phi) is 4.41. The number of nitrogens with one attached hydrogen (secondary N) is 2. The summed E-state index contributed by atoms with van der Waals surface area (Å²) in [7, 11) is 0. The zero-order valence-corrected chi connectivity index (χ0v) is 14.3. The van der Waals surface area contributed by atoms with Gasteiger partial charge in [-0.05, 0) is 30.7 Å². The van der Waals surface area contributed by atoms with Gasteiger partial charge in [0.05, 0.1) is 12.8 Å². The molecule has 1 atom stereocenters. The Hall–Kier alpha value is -3.49. The van der Waals surface area contributed by atoms with E-state index in [0.717, 1.165) is 4.90 Å². The van der Waals surface area contributed by atoms with Crippen LogP contribution in [0, 0.1) is 0 Å². The molecule has 9 heteroatoms. The van der Waals surface area contributed by atoms with E-state index in [1.54, 1.807) is 30.3 Å². The molecule has 0 unspecified atom stereocenters. The van der Waals surface area contributed by atoms with Crippen LogP contribution < -0.4 is 20.1 Å². The van der Waals surface area contributed by atoms with Crippen LogP contribution in [-0.2, 0) is 16.1 Å². The fourth-order valence-electron chi connectivity index (χ4n) is 2.95. The number of hydrogen-bond donors (Lipinski definition) is 2. The van der Waals surface area contributed by atoms with Crippen molar-refractivity contribution in [3.8, 4) is 11.5 Å². The van der Waals surface area contributed by atoms with Crippen molar-refractivity contribution in [2.45, 2.75) is 25.4 Å². The summed E-state index contributed by atoms with van der Waals surface area (Å²) in [5, 5.41) is 5.34. The van der Waals surface area contributed by atoms with Crippen LogP contribution in [0.3, 0.4) is 0 Å². The van der Waals surface area contributed by atoms with E-state index >= 15 is 0 Å². The third kappa shape index (κ3) is 3.57. The molecule has 3 heterocycles. The number of nitrogens with zero attached hydrogens (tertiary/aromatic N) is 1. The first kappa shape index (κ1) is 17.0. The van der Waals surface area contributed by atoms with Crippen molar-refractivity contribution in [2.24, 2.45) is 0 Å². The van der Waals surface area contributed by atoms with E-state index in [1.165, 1.54) is 6.26 Å². The summed E-state index contributed by atoms with van der Waals surface area (Å²) in [6.07, 6.45) is 1.76. The summed E-state index contributed by atoms with van der Waals surface area (Å²) < 4.78 is 15.6. The number of ether oxygens (including phenoxy) is 2. The molecule has 1 saturated heterocycles. The third-order valence-electron chi connectivity index (χ3n) is 4.32. The molecule has 1 aromatic carbocycles. The van der Waals surface area contributed by atoms with Gasteiger partial charge in [0.25, 0.3) is 5.91 Å². The molecule has 2 aromatic rings. The molecule has 1 fully saturated rings. The molecule has 4 rings (SSSR count). The van der Waals surface area contributed by atoms with Crippen molar-refractivity contribution in [3.05, 3.63) is 42.4 Å². The number of carbonyl (C=O) groups excluding carboxylic acids is 3. The maximum atomic E-state index is 12.4. The second-order valence-electron chi connectivity index (χ2n) is 6.16. The molecule has 1 aromatic heterocycles. The number of furan rings is 1. The summed E-state index contributed by atoms with van der Waals surface area (Å²) in [6.45, 7) is 0.224. The molecule has 0 bridgehead atoms. The van der Waals surface area contributed by atoms with Crippen molar-refractivity contribution < 1.29 is 28.3 Å². The first-order valence-electron chi connectivity index (χ1n) is 8.44. The van der Waals surface area contributed by atoms with Gasteiger partial charge in [-0.1, -0.05) is 0 Å². The van der Waals surface area contributed by atoms with Gasteiger partial charge in [-0.25, -0.2) is 4.79 Å². The summed E-state index contributed by atoms with van der Waals surface area (Å²) in [4.78, 5) is 37.6. The molecule has 27 heavy (non-hydrogen) atoms. The average Bonchev–Trinajstić information content (AvgIpc) is 3.37. The van der Waals surface area contributed by atoms with Crippen LogP contribution in [-0.4, -0.2) is 35.6 Å². The third-order valence-corrected chi connectivity index (χ3v) is 4.32. The maximum Gasteiger partial charge on any atom is 0.325 e. The summed E-state index contributed by atoms with van der Waals surface area (Å²) in [5.74, 6) is 1.08. The molecule has 0 spiro atoms. The number of urea groups is 1. The van der Waals surface area contributed by atoms with Crippen molar-refractivity contribution >= 4 is 23.5 Å². The zero-order chi connectivity index (χ0) is 18.8. The Labute approximate surface area is 154 Å². The van der Waals surface area contributed by atoms with E-state index in [2.05, 4.69) is 10.6 Å². The fourth-order valence-corrected chi connectivity index (χ4v) is 2.95. The lowest BCUT2D eigenvalue weighted by Gasteiger charge is -2.11. The highest BCUT2D eigenvalue weighted by Crippen LogP contribution is 2.34. The Balaban J connectivity index is 1.30. The minimum atomic E-state index is -0.727. The van der Waals surface area contributed by atoms with Gasteiger partial charge in [0.1, 0.15) is 11.8 Å². The van der Waals surface area contributed by atoms with E-state index in [-0.39, 0.29) is 38.0 Å². The minimum absolute atomic E-state index is 0.0670. The SMILES string of the molecule is O=C(CC[C@@H]1NC(=O)N(Cc2ccco2)C1=O)Nc1ccc2c(c1)OCO2. The highest BCUT2D eigenvalue weighted by molar-refractivity contribution is 6.04. The van der Waals surface area contributed by atoms with E-state index in [4.69, 9.17) is 13.9 Å². The number of amides is 4. The Bertz CT molecular complexity index is 879. The van der Waals surface area contributed by atoms with E-state index in [1.807, 2.05) is 0 Å². The van der Waals surface area contributed by atoms with Crippen molar-refractivity contribution in [1.82, 2.24) is 10.2 Å². The van der Waals surface area contributed by atoms with Crippen molar-refractivity contribution in [2.75, 3.05) is 12.1 Å². The van der Waals surface area contributed by atoms with Gasteiger partial charge in [-0.3, -0.25) is 14.5 Å². The molecule has 2 aliphatic heterocycles. The van der Waals surface area contributed by atoms with E-state index in [9.17, 15) is 14.4 Å². The highest BCUT2D eigenvalue weighted by Gasteiger charge is 2.38. The molecule has 4 amide bonds. The number of imide groups is 1. The normalized spacial score (nSPS) is 17.9. The summed E-state index contributed by atoms with van der Waals surface area (Å²) in [5.41, 5.74) is 0.575. The van der Waals surface area contributed by atoms with Gasteiger partial charge in [0.2, 0.25) is 12.7 Å². The smallest absolute Gasteiger partial charge is 0.325 e. The standard InChI is InChI=1S/C18H17N3O6/c22-16(19-11-3-5-14-15(8-11)27-10-26-14)6-4-13-17(23)21(18(24)20-13)9-12-2-1-7-25-12/h1-3,5,7-8,13H,4,6,9-10H2,(H,19,22)(H,20,24)/t13-/m0/s1. The van der Waals surface area contributed by atoms with Crippen molar-refractivity contribution in [1.29, 1.82) is 0 Å². The predicted octanol–water partition coefficient (Wildman–Crippen LogP) is 1.85. The van der Waals surface area contributed by atoms with E-state index in [0.29, 0.717) is 22.9 Å². The largest absolute Gasteiger partial charge is 0.467 e. The lowest BCUT2D eigenvalue weighted by molar-refractivity contribution is -0.128. The molecule has 9 nitrogen and oxygen atoms in total. The van der Waals surface area contributed by atoms with Crippen LogP contribution in [0.2, 0.25) is 0 Å². The quantitative estimate of drug-likeness (QED) is 0.750. The number of anilines is 1. The Morgan fingerprint density at radius 1 is 1.22 bits per heavy atom. The van der Waals surface area contributed by atoms with E-state index < -0.39 is 12.1 Å². The molecule has 2 N–H and O–H groups in total. The topological polar surface area (TPSA) is 110 Å². The van der Waals surface area contributed by atoms with Gasteiger partial charge in [0.15, 0.2) is 11.5 Å². The van der Waals surface area contributed by atoms with Crippen LogP contribution in [0.4, 0.5) is 10.5 Å². The van der Waals surface area contributed by atoms with Gasteiger partial charge in [-0.15, -0.1) is 0 Å². The molecular weight excluding hydrogens is 354 g/mol. The number of fused-ring (bicyclic) bond motifs is 1. The Morgan fingerprint density at radius 2 is 2.07 bits per heavy atom. The van der Waals surface area contributed by atoms with Gasteiger partial charge < -0.3 is 24.5 Å². The highest BCUT2D eigenvalue weighted by atomic mass is 16.7. The van der Waals surface area contributed by atoms with Crippen LogP contribution in [0.25, 0.3) is 0 Å². The number of benzene rings is 1. The van der Waals surface area contributed by atoms with Crippen LogP contribution in [0.5, 0.6) is 11.5 Å². The maximum absolute atomic E-state index is 12.4. The molecule has 0 radical (unpaired) electrons. The molecule has 0 aliphatic carbocycles. The second-order valence-corrected chi connectivity index (χ2v) is 6.16. The first-order chi connectivity index (χ1) is 13.1. The molecule has 140 valence electrons. The minimum Gasteiger partial charge on any atom is -0.467 e. The van der Waals surface area contributed by atoms with Crippen LogP contribution >= 0.6 is 0 Å². The molecule has 0 saturated carbocycles. The number of hydrogen-bond acceptors (Lipinski definition) is 6. The predicted molar refractivity (Wildman–Crippen MR) is 92.0 cm³/mol. The molecular formula is C18H17N3O6. The lowest BCUT2D eigenvalue weighted by atomic mass is 10.1. The number of carbonyl (C=O) groups is 3. The average molecular weight is 371 g/mol. The van der Waals surface area contributed by atoms with Gasteiger partial charge in [-0.2, -0.15) is 0 Å². The van der Waals surface area contributed by atoms with Crippen LogP contribution in [0.1, 0.15) is 18.6 Å². The van der Waals surface area contributed by atoms with Gasteiger partial charge >= 0.3 is 6.03 Å². The Morgan fingerprint density at radius 3 is 2.89 bits per heavy atom. The van der Waals surface area contributed by atoms with Gasteiger partial charge in [0, 0.05) is 18.2 Å². The lowest BCUT2D eigenvalue weighted by Crippen LogP contribution is -2.31. The first-order valence-corrected chi connectivity index (χ1v) is 8.44. The zero-order valence-electron chi connectivity index (χ0n) is 14.3. The summed E-state index contributed by atoms with van der Waals surface area (Å²) in [6, 6.07) is 7.25. The summed E-state index contributed by atoms with van der Waals surface area (Å²) >= 11 is 0.